The van der Waals surface area contributed by atoms with E-state index in [2.05, 4.69) is 99.8 Å². The van der Waals surface area contributed by atoms with Gasteiger partial charge in [-0.3, -0.25) is 4.98 Å². The van der Waals surface area contributed by atoms with Crippen molar-refractivity contribution in [1.82, 2.24) is 9.55 Å². The molecule has 0 bridgehead atoms. The first kappa shape index (κ1) is 24.5. The summed E-state index contributed by atoms with van der Waals surface area (Å²) in [5.74, 6) is 1.59. The molecule has 0 saturated carbocycles. The molecular formula is C32H29IrN2O-. The van der Waals surface area contributed by atoms with Crippen molar-refractivity contribution in [3.8, 4) is 17.1 Å². The van der Waals surface area contributed by atoms with Gasteiger partial charge >= 0.3 is 0 Å². The number of aromatic nitrogens is 2. The molecule has 0 unspecified atom stereocenters. The largest absolute Gasteiger partial charge is 0.501 e. The maximum atomic E-state index is 6.41. The minimum atomic E-state index is 0. The summed E-state index contributed by atoms with van der Waals surface area (Å²) in [6.45, 7) is 11.3. The Hall–Kier alpha value is -3.20. The van der Waals surface area contributed by atoms with E-state index in [9.17, 15) is 0 Å². The average Bonchev–Trinajstić information content (AvgIpc) is 3.42. The molecule has 4 heteroatoms. The molecule has 183 valence electrons. The monoisotopic (exact) mass is 650 g/mol. The zero-order valence-electron chi connectivity index (χ0n) is 21.2. The van der Waals surface area contributed by atoms with Crippen molar-refractivity contribution in [1.29, 1.82) is 0 Å². The van der Waals surface area contributed by atoms with Crippen molar-refractivity contribution in [3.05, 3.63) is 95.6 Å². The molecule has 3 nitrogen and oxygen atoms in total. The maximum Gasteiger partial charge on any atom is 0.120 e. The Labute approximate surface area is 225 Å². The number of hydrogen-bond acceptors (Lipinski definition) is 2. The van der Waals surface area contributed by atoms with Crippen LogP contribution >= 0.6 is 0 Å². The number of para-hydroxylation sites is 3. The van der Waals surface area contributed by atoms with E-state index in [4.69, 9.17) is 9.40 Å². The summed E-state index contributed by atoms with van der Waals surface area (Å²) in [6, 6.07) is 28.8. The summed E-state index contributed by atoms with van der Waals surface area (Å²) in [6.07, 6.45) is 0. The summed E-state index contributed by atoms with van der Waals surface area (Å²) in [4.78, 5) is 5.17. The van der Waals surface area contributed by atoms with Crippen LogP contribution in [0.2, 0.25) is 0 Å². The second kappa shape index (κ2) is 9.35. The standard InChI is InChI=1S/C32H29N2O.Ir/c1-19(2)25-17-21(5)18-26(20(3)4)30(25)34-28-15-8-7-14-27(28)33-32(34)24-13-10-12-23-22-11-6-9-16-29(22)35-31(23)24;/h6-12,14-20H,1-5H3;/q-1;. The van der Waals surface area contributed by atoms with Crippen molar-refractivity contribution in [3.63, 3.8) is 0 Å². The summed E-state index contributed by atoms with van der Waals surface area (Å²) in [5, 5.41) is 2.20. The van der Waals surface area contributed by atoms with E-state index in [1.807, 2.05) is 18.2 Å². The molecule has 0 N–H and O–H groups in total. The molecule has 0 aliphatic carbocycles. The number of imidazole rings is 1. The molecule has 0 fully saturated rings. The van der Waals surface area contributed by atoms with Crippen molar-refractivity contribution >= 4 is 33.0 Å². The van der Waals surface area contributed by atoms with E-state index in [1.165, 1.54) is 22.4 Å². The Balaban J connectivity index is 0.00000267. The predicted molar refractivity (Wildman–Crippen MR) is 146 cm³/mol. The molecule has 36 heavy (non-hydrogen) atoms. The molecule has 0 amide bonds. The SMILES string of the molecule is Cc1cc(C(C)C)c(-n2c(-c3[c-]ccc4c3oc3ccccc34)nc3ccccc32)c(C(C)C)c1.[Ir]. The molecular weight excluding hydrogens is 621 g/mol. The second-order valence-electron chi connectivity index (χ2n) is 10.1. The van der Waals surface area contributed by atoms with Gasteiger partial charge in [0.1, 0.15) is 5.58 Å². The number of nitrogens with zero attached hydrogens (tertiary/aromatic N) is 2. The van der Waals surface area contributed by atoms with Gasteiger partial charge in [-0.25, -0.2) is 0 Å². The van der Waals surface area contributed by atoms with E-state index < -0.39 is 0 Å². The van der Waals surface area contributed by atoms with Crippen LogP contribution in [0.3, 0.4) is 0 Å². The first-order valence-corrected chi connectivity index (χ1v) is 12.4. The third-order valence-corrected chi connectivity index (χ3v) is 6.90. The fourth-order valence-electron chi connectivity index (χ4n) is 5.25. The van der Waals surface area contributed by atoms with Gasteiger partial charge in [-0.1, -0.05) is 86.7 Å². The van der Waals surface area contributed by atoms with Gasteiger partial charge in [-0.2, -0.15) is 0 Å². The maximum absolute atomic E-state index is 6.41. The minimum Gasteiger partial charge on any atom is -0.501 e. The Morgan fingerprint density at radius 3 is 2.22 bits per heavy atom. The number of benzene rings is 4. The van der Waals surface area contributed by atoms with Gasteiger partial charge in [0.25, 0.3) is 0 Å². The van der Waals surface area contributed by atoms with Gasteiger partial charge < -0.3 is 8.98 Å². The summed E-state index contributed by atoms with van der Waals surface area (Å²) in [7, 11) is 0. The smallest absolute Gasteiger partial charge is 0.120 e. The van der Waals surface area contributed by atoms with Gasteiger partial charge in [0, 0.05) is 31.2 Å². The molecule has 2 aromatic heterocycles. The minimum absolute atomic E-state index is 0. The molecule has 0 saturated heterocycles. The van der Waals surface area contributed by atoms with Crippen LogP contribution < -0.4 is 0 Å². The van der Waals surface area contributed by atoms with Gasteiger partial charge in [-0.05, 0) is 48.1 Å². The number of furan rings is 1. The number of fused-ring (bicyclic) bond motifs is 4. The van der Waals surface area contributed by atoms with Crippen LogP contribution in [0.15, 0.2) is 77.2 Å². The van der Waals surface area contributed by atoms with E-state index in [0.717, 1.165) is 44.4 Å². The Morgan fingerprint density at radius 2 is 1.50 bits per heavy atom. The summed E-state index contributed by atoms with van der Waals surface area (Å²) < 4.78 is 8.76. The fourth-order valence-corrected chi connectivity index (χ4v) is 5.25. The van der Waals surface area contributed by atoms with Gasteiger partial charge in [-0.15, -0.1) is 18.2 Å². The quantitative estimate of drug-likeness (QED) is 0.179. The Morgan fingerprint density at radius 1 is 0.833 bits per heavy atom. The van der Waals surface area contributed by atoms with Gasteiger partial charge in [0.2, 0.25) is 0 Å². The van der Waals surface area contributed by atoms with Gasteiger partial charge in [0.05, 0.1) is 22.4 Å². The number of rotatable bonds is 4. The van der Waals surface area contributed by atoms with Crippen LogP contribution in [0.1, 0.15) is 56.2 Å². The summed E-state index contributed by atoms with van der Waals surface area (Å²) in [5.41, 5.74) is 9.83. The fraction of sp³-hybridized carbons (Fsp3) is 0.219. The zero-order valence-corrected chi connectivity index (χ0v) is 23.6. The van der Waals surface area contributed by atoms with Crippen molar-refractivity contribution < 1.29 is 24.5 Å². The van der Waals surface area contributed by atoms with Crippen LogP contribution in [0.4, 0.5) is 0 Å². The Kier molecular flexibility index (Phi) is 6.36. The van der Waals surface area contributed by atoms with E-state index >= 15 is 0 Å². The topological polar surface area (TPSA) is 31.0 Å². The van der Waals surface area contributed by atoms with E-state index in [1.54, 1.807) is 0 Å². The molecule has 4 aromatic carbocycles. The van der Waals surface area contributed by atoms with Crippen LogP contribution in [0.25, 0.3) is 50.0 Å². The molecule has 0 spiro atoms. The third kappa shape index (κ3) is 3.80. The molecule has 2 heterocycles. The van der Waals surface area contributed by atoms with Crippen molar-refractivity contribution in [2.45, 2.75) is 46.5 Å². The van der Waals surface area contributed by atoms with Crippen molar-refractivity contribution in [2.24, 2.45) is 0 Å². The van der Waals surface area contributed by atoms with E-state index in [-0.39, 0.29) is 20.1 Å². The van der Waals surface area contributed by atoms with E-state index in [0.29, 0.717) is 11.8 Å². The van der Waals surface area contributed by atoms with Crippen LogP contribution in [0, 0.1) is 13.0 Å². The van der Waals surface area contributed by atoms with Crippen LogP contribution in [-0.2, 0) is 20.1 Å². The predicted octanol–water partition coefficient (Wildman–Crippen LogP) is 8.94. The van der Waals surface area contributed by atoms with Crippen molar-refractivity contribution in [2.75, 3.05) is 0 Å². The number of hydrogen-bond donors (Lipinski definition) is 0. The second-order valence-corrected chi connectivity index (χ2v) is 10.1. The molecule has 6 aromatic rings. The first-order chi connectivity index (χ1) is 16.9. The molecule has 0 aliphatic rings. The normalized spacial score (nSPS) is 11.8. The average molecular weight is 650 g/mol. The Bertz CT molecular complexity index is 1690. The molecule has 0 aliphatic heterocycles. The van der Waals surface area contributed by atoms with Crippen LogP contribution in [0.5, 0.6) is 0 Å². The zero-order chi connectivity index (χ0) is 24.3. The molecule has 6 rings (SSSR count). The number of aryl methyl sites for hydroxylation is 1. The summed E-state index contributed by atoms with van der Waals surface area (Å²) >= 11 is 0. The van der Waals surface area contributed by atoms with Gasteiger partial charge in [0.15, 0.2) is 0 Å². The van der Waals surface area contributed by atoms with Crippen LogP contribution in [-0.4, -0.2) is 9.55 Å². The third-order valence-electron chi connectivity index (χ3n) is 6.90. The molecule has 0 atom stereocenters. The molecule has 1 radical (unpaired) electrons. The first-order valence-electron chi connectivity index (χ1n) is 12.4.